The van der Waals surface area contributed by atoms with Gasteiger partial charge < -0.3 is 20.4 Å². The molecule has 8 nitrogen and oxygen atoms in total. The Bertz CT molecular complexity index is 615. The number of nitrogens with one attached hydrogen (secondary N) is 3. The molecule has 0 unspecified atom stereocenters. The maximum atomic E-state index is 11.8. The monoisotopic (exact) mass is 340 g/mol. The van der Waals surface area contributed by atoms with Crippen molar-refractivity contribution in [3.05, 3.63) is 22.1 Å². The lowest BCUT2D eigenvalue weighted by Crippen LogP contribution is -2.29. The molecular formula is C14H20N4O4S. The van der Waals surface area contributed by atoms with E-state index in [4.69, 9.17) is 4.74 Å². The van der Waals surface area contributed by atoms with Crippen molar-refractivity contribution in [1.29, 1.82) is 0 Å². The van der Waals surface area contributed by atoms with Gasteiger partial charge in [-0.2, -0.15) is 0 Å². The number of H-pyrrole nitrogens is 1. The van der Waals surface area contributed by atoms with Crippen LogP contribution in [0.1, 0.15) is 18.5 Å². The molecule has 1 aromatic heterocycles. The lowest BCUT2D eigenvalue weighted by molar-refractivity contribution is -0.121. The van der Waals surface area contributed by atoms with Crippen molar-refractivity contribution in [3.63, 3.8) is 0 Å². The number of nitrogens with zero attached hydrogens (tertiary/aromatic N) is 1. The van der Waals surface area contributed by atoms with Gasteiger partial charge in [0, 0.05) is 25.8 Å². The fraction of sp³-hybridized carbons (Fsp3) is 0.571. The van der Waals surface area contributed by atoms with Crippen LogP contribution in [0.15, 0.2) is 16.0 Å². The average Bonchev–Trinajstić information content (AvgIpc) is 3.28. The number of amides is 2. The molecule has 2 rings (SSSR count). The topological polar surface area (TPSA) is 113 Å². The summed E-state index contributed by atoms with van der Waals surface area (Å²) in [7, 11) is 1.56. The number of hydrogen-bond acceptors (Lipinski definition) is 6. The minimum atomic E-state index is -0.337. The summed E-state index contributed by atoms with van der Waals surface area (Å²) in [5, 5.41) is 5.85. The standard InChI is InChI=1S/C14H20N4O4S/c1-22-5-4-15-13(21)8-23-14-17-10(7-12(20)18-14)6-11(19)16-9-2-3-9/h7,9H,2-6,8H2,1H3,(H,15,21)(H,16,19)(H,17,18,20). The summed E-state index contributed by atoms with van der Waals surface area (Å²) >= 11 is 1.12. The van der Waals surface area contributed by atoms with E-state index < -0.39 is 0 Å². The van der Waals surface area contributed by atoms with Crippen molar-refractivity contribution < 1.29 is 14.3 Å². The molecule has 0 spiro atoms. The molecule has 0 bridgehead atoms. The van der Waals surface area contributed by atoms with Crippen molar-refractivity contribution in [2.75, 3.05) is 26.0 Å². The van der Waals surface area contributed by atoms with Gasteiger partial charge in [0.15, 0.2) is 5.16 Å². The molecule has 2 amide bonds. The Morgan fingerprint density at radius 3 is 2.91 bits per heavy atom. The second kappa shape index (κ2) is 8.68. The molecule has 1 fully saturated rings. The van der Waals surface area contributed by atoms with Gasteiger partial charge in [0.2, 0.25) is 11.8 Å². The minimum absolute atomic E-state index is 0.0635. The molecular weight excluding hydrogens is 320 g/mol. The summed E-state index contributed by atoms with van der Waals surface area (Å²) in [6.07, 6.45) is 2.08. The number of thioether (sulfide) groups is 1. The summed E-state index contributed by atoms with van der Waals surface area (Å²) in [5.41, 5.74) is 0.0608. The Hall–Kier alpha value is -1.87. The van der Waals surface area contributed by atoms with Gasteiger partial charge >= 0.3 is 0 Å². The van der Waals surface area contributed by atoms with Crippen molar-refractivity contribution >= 4 is 23.6 Å². The second-order valence-corrected chi connectivity index (χ2v) is 6.16. The lowest BCUT2D eigenvalue weighted by atomic mass is 10.3. The largest absolute Gasteiger partial charge is 0.383 e. The van der Waals surface area contributed by atoms with E-state index in [1.165, 1.54) is 6.07 Å². The first-order valence-electron chi connectivity index (χ1n) is 7.35. The highest BCUT2D eigenvalue weighted by molar-refractivity contribution is 7.99. The third-order valence-electron chi connectivity index (χ3n) is 3.03. The number of hydrogen-bond donors (Lipinski definition) is 3. The predicted molar refractivity (Wildman–Crippen MR) is 85.3 cm³/mol. The third kappa shape index (κ3) is 6.83. The maximum absolute atomic E-state index is 11.8. The van der Waals surface area contributed by atoms with Crippen LogP contribution in [0.5, 0.6) is 0 Å². The fourth-order valence-electron chi connectivity index (χ4n) is 1.79. The summed E-state index contributed by atoms with van der Waals surface area (Å²) < 4.78 is 4.84. The Morgan fingerprint density at radius 2 is 2.22 bits per heavy atom. The minimum Gasteiger partial charge on any atom is -0.383 e. The summed E-state index contributed by atoms with van der Waals surface area (Å²) in [5.74, 6) is -0.185. The molecule has 3 N–H and O–H groups in total. The molecule has 9 heteroatoms. The third-order valence-corrected chi connectivity index (χ3v) is 3.90. The van der Waals surface area contributed by atoms with Crippen LogP contribution in [0, 0.1) is 0 Å². The fourth-order valence-corrected chi connectivity index (χ4v) is 2.52. The Labute approximate surface area is 137 Å². The Morgan fingerprint density at radius 1 is 1.43 bits per heavy atom. The first-order valence-corrected chi connectivity index (χ1v) is 8.33. The van der Waals surface area contributed by atoms with Gasteiger partial charge in [-0.05, 0) is 12.8 Å². The van der Waals surface area contributed by atoms with E-state index in [1.807, 2.05) is 0 Å². The zero-order valence-electron chi connectivity index (χ0n) is 12.9. The molecule has 1 aliphatic carbocycles. The first-order chi connectivity index (χ1) is 11.1. The molecule has 0 aliphatic heterocycles. The van der Waals surface area contributed by atoms with Crippen LogP contribution in [-0.4, -0.2) is 53.8 Å². The quantitative estimate of drug-likeness (QED) is 0.316. The van der Waals surface area contributed by atoms with Gasteiger partial charge in [0.05, 0.1) is 24.5 Å². The van der Waals surface area contributed by atoms with E-state index in [0.29, 0.717) is 24.0 Å². The summed E-state index contributed by atoms with van der Waals surface area (Å²) in [6, 6.07) is 1.57. The van der Waals surface area contributed by atoms with Crippen LogP contribution >= 0.6 is 11.8 Å². The number of carbonyl (C=O) groups excluding carboxylic acids is 2. The second-order valence-electron chi connectivity index (χ2n) is 5.19. The van der Waals surface area contributed by atoms with Crippen LogP contribution in [0.25, 0.3) is 0 Å². The summed E-state index contributed by atoms with van der Waals surface area (Å²) in [6.45, 7) is 0.873. The molecule has 0 radical (unpaired) electrons. The molecule has 23 heavy (non-hydrogen) atoms. The van der Waals surface area contributed by atoms with E-state index in [2.05, 4.69) is 20.6 Å². The first kappa shape index (κ1) is 17.5. The van der Waals surface area contributed by atoms with E-state index in [9.17, 15) is 14.4 Å². The normalized spacial score (nSPS) is 13.6. The van der Waals surface area contributed by atoms with Crippen molar-refractivity contribution in [3.8, 4) is 0 Å². The average molecular weight is 340 g/mol. The Kier molecular flexibility index (Phi) is 6.60. The molecule has 1 aliphatic rings. The van der Waals surface area contributed by atoms with E-state index in [1.54, 1.807) is 7.11 Å². The molecule has 1 aromatic rings. The molecule has 126 valence electrons. The Balaban J connectivity index is 1.85. The number of carbonyl (C=O) groups is 2. The van der Waals surface area contributed by atoms with Gasteiger partial charge in [-0.1, -0.05) is 11.8 Å². The van der Waals surface area contributed by atoms with Crippen LogP contribution in [0.2, 0.25) is 0 Å². The van der Waals surface area contributed by atoms with Crippen molar-refractivity contribution in [2.24, 2.45) is 0 Å². The molecule has 1 heterocycles. The maximum Gasteiger partial charge on any atom is 0.251 e. The highest BCUT2D eigenvalue weighted by Gasteiger charge is 2.23. The number of aromatic amines is 1. The number of methoxy groups -OCH3 is 1. The van der Waals surface area contributed by atoms with Gasteiger partial charge in [0.25, 0.3) is 5.56 Å². The van der Waals surface area contributed by atoms with Gasteiger partial charge in [-0.3, -0.25) is 14.4 Å². The molecule has 0 saturated heterocycles. The molecule has 1 saturated carbocycles. The van der Waals surface area contributed by atoms with Crippen molar-refractivity contribution in [2.45, 2.75) is 30.5 Å². The number of rotatable bonds is 9. The zero-order valence-corrected chi connectivity index (χ0v) is 13.7. The van der Waals surface area contributed by atoms with Gasteiger partial charge in [-0.25, -0.2) is 4.98 Å². The smallest absolute Gasteiger partial charge is 0.251 e. The summed E-state index contributed by atoms with van der Waals surface area (Å²) in [4.78, 5) is 41.7. The van der Waals surface area contributed by atoms with Crippen molar-refractivity contribution in [1.82, 2.24) is 20.6 Å². The van der Waals surface area contributed by atoms with Crippen LogP contribution in [0.3, 0.4) is 0 Å². The lowest BCUT2D eigenvalue weighted by Gasteiger charge is -2.06. The number of ether oxygens (including phenoxy) is 1. The van der Waals surface area contributed by atoms with Crippen LogP contribution < -0.4 is 16.2 Å². The van der Waals surface area contributed by atoms with E-state index in [0.717, 1.165) is 24.6 Å². The van der Waals surface area contributed by atoms with Gasteiger partial charge in [-0.15, -0.1) is 0 Å². The van der Waals surface area contributed by atoms with Crippen LogP contribution in [0.4, 0.5) is 0 Å². The highest BCUT2D eigenvalue weighted by Crippen LogP contribution is 2.18. The molecule has 0 atom stereocenters. The van der Waals surface area contributed by atoms with E-state index >= 15 is 0 Å². The van der Waals surface area contributed by atoms with Crippen LogP contribution in [-0.2, 0) is 20.7 Å². The zero-order chi connectivity index (χ0) is 16.7. The molecule has 0 aromatic carbocycles. The SMILES string of the molecule is COCCNC(=O)CSc1nc(CC(=O)NC2CC2)cc(=O)[nH]1. The van der Waals surface area contributed by atoms with Gasteiger partial charge in [0.1, 0.15) is 0 Å². The predicted octanol–water partition coefficient (Wildman–Crippen LogP) is -0.554. The van der Waals surface area contributed by atoms with E-state index in [-0.39, 0.29) is 35.6 Å². The highest BCUT2D eigenvalue weighted by atomic mass is 32.2. The number of aromatic nitrogens is 2.